The van der Waals surface area contributed by atoms with Crippen molar-refractivity contribution in [2.75, 3.05) is 11.9 Å². The van der Waals surface area contributed by atoms with Crippen molar-refractivity contribution >= 4 is 45.8 Å². The molecule has 2 aromatic heterocycles. The molecule has 176 valence electrons. The summed E-state index contributed by atoms with van der Waals surface area (Å²) in [5.41, 5.74) is 6.98. The number of hydrogen-bond donors (Lipinski definition) is 2. The first kappa shape index (κ1) is 23.7. The van der Waals surface area contributed by atoms with Crippen LogP contribution in [0.3, 0.4) is 0 Å². The molecule has 3 aromatic rings. The van der Waals surface area contributed by atoms with E-state index in [1.165, 1.54) is 23.5 Å². The average Bonchev–Trinajstić information content (AvgIpc) is 3.11. The van der Waals surface area contributed by atoms with Crippen molar-refractivity contribution < 1.29 is 23.5 Å². The van der Waals surface area contributed by atoms with Gasteiger partial charge in [-0.3, -0.25) is 14.6 Å². The van der Waals surface area contributed by atoms with Crippen LogP contribution in [0, 0.1) is 5.82 Å². The van der Waals surface area contributed by atoms with Crippen LogP contribution in [0.2, 0.25) is 5.02 Å². The van der Waals surface area contributed by atoms with E-state index in [9.17, 15) is 18.8 Å². The number of aromatic nitrogens is 1. The molecule has 3 heterocycles. The second-order valence-electron chi connectivity index (χ2n) is 7.64. The summed E-state index contributed by atoms with van der Waals surface area (Å²) in [7, 11) is 0. The number of primary amides is 1. The van der Waals surface area contributed by atoms with E-state index < -0.39 is 17.8 Å². The molecule has 0 bridgehead atoms. The SMILES string of the molecule is NC(=O)Oc1c(NC(=O)Cc2ccc(Cl)cc2F)sc2c1CCN(C(=O)Cc1ccncc1)C2. The summed E-state index contributed by atoms with van der Waals surface area (Å²) in [6.07, 6.45) is 2.68. The standard InChI is InChI=1S/C23H20ClFN4O4S/c24-15-2-1-14(17(25)11-15)10-19(30)28-22-21(33-23(26)32)16-5-8-29(12-18(16)34-22)20(31)9-13-3-6-27-7-4-13/h1-4,6-7,11H,5,8-10,12H2,(H2,26,32)(H,28,30). The molecule has 8 nitrogen and oxygen atoms in total. The number of nitrogens with zero attached hydrogens (tertiary/aromatic N) is 2. The summed E-state index contributed by atoms with van der Waals surface area (Å²) in [5, 5.41) is 3.20. The summed E-state index contributed by atoms with van der Waals surface area (Å²) in [4.78, 5) is 43.3. The van der Waals surface area contributed by atoms with Crippen molar-refractivity contribution in [1.29, 1.82) is 0 Å². The predicted octanol–water partition coefficient (Wildman–Crippen LogP) is 3.70. The van der Waals surface area contributed by atoms with Crippen LogP contribution in [0.1, 0.15) is 21.6 Å². The third kappa shape index (κ3) is 5.52. The summed E-state index contributed by atoms with van der Waals surface area (Å²) < 4.78 is 19.3. The van der Waals surface area contributed by atoms with E-state index in [-0.39, 0.29) is 40.1 Å². The molecular formula is C23H20ClFN4O4S. The zero-order chi connectivity index (χ0) is 24.2. The lowest BCUT2D eigenvalue weighted by Gasteiger charge is -2.27. The lowest BCUT2D eigenvalue weighted by molar-refractivity contribution is -0.131. The second kappa shape index (κ2) is 10.2. The fourth-order valence-electron chi connectivity index (χ4n) is 3.67. The molecule has 34 heavy (non-hydrogen) atoms. The van der Waals surface area contributed by atoms with E-state index in [2.05, 4.69) is 10.3 Å². The van der Waals surface area contributed by atoms with E-state index in [1.54, 1.807) is 29.4 Å². The zero-order valence-electron chi connectivity index (χ0n) is 17.8. The maximum atomic E-state index is 14.1. The van der Waals surface area contributed by atoms with Gasteiger partial charge in [0.25, 0.3) is 0 Å². The number of anilines is 1. The van der Waals surface area contributed by atoms with Crippen LogP contribution in [0.5, 0.6) is 5.75 Å². The minimum absolute atomic E-state index is 0.0496. The Hall–Kier alpha value is -3.50. The largest absolute Gasteiger partial charge is 0.410 e. The lowest BCUT2D eigenvalue weighted by atomic mass is 10.1. The van der Waals surface area contributed by atoms with Gasteiger partial charge in [0.15, 0.2) is 5.75 Å². The van der Waals surface area contributed by atoms with Gasteiger partial charge in [-0.1, -0.05) is 17.7 Å². The maximum absolute atomic E-state index is 14.1. The number of carbonyl (C=O) groups is 3. The van der Waals surface area contributed by atoms with Gasteiger partial charge in [0, 0.05) is 34.4 Å². The molecule has 4 rings (SSSR count). The van der Waals surface area contributed by atoms with Gasteiger partial charge in [-0.2, -0.15) is 0 Å². The number of hydrogen-bond acceptors (Lipinski definition) is 6. The number of benzene rings is 1. The summed E-state index contributed by atoms with van der Waals surface area (Å²) >= 11 is 6.95. The first-order valence-corrected chi connectivity index (χ1v) is 11.5. The minimum atomic E-state index is -1.02. The Morgan fingerprint density at radius 3 is 2.68 bits per heavy atom. The highest BCUT2D eigenvalue weighted by Gasteiger charge is 2.29. The monoisotopic (exact) mass is 502 g/mol. The molecule has 0 fully saturated rings. The van der Waals surface area contributed by atoms with Crippen molar-refractivity contribution in [2.24, 2.45) is 5.73 Å². The summed E-state index contributed by atoms with van der Waals surface area (Å²) in [5.74, 6) is -0.977. The molecule has 1 aromatic carbocycles. The normalized spacial score (nSPS) is 12.7. The number of nitrogens with two attached hydrogens (primary N) is 1. The number of nitrogens with one attached hydrogen (secondary N) is 1. The van der Waals surface area contributed by atoms with E-state index in [4.69, 9.17) is 22.1 Å². The summed E-state index contributed by atoms with van der Waals surface area (Å²) in [6, 6.07) is 7.63. The number of amides is 3. The molecule has 0 spiro atoms. The van der Waals surface area contributed by atoms with Crippen molar-refractivity contribution in [1.82, 2.24) is 9.88 Å². The van der Waals surface area contributed by atoms with Crippen molar-refractivity contribution in [3.63, 3.8) is 0 Å². The lowest BCUT2D eigenvalue weighted by Crippen LogP contribution is -2.36. The molecule has 0 unspecified atom stereocenters. The topological polar surface area (TPSA) is 115 Å². The number of carbonyl (C=O) groups excluding carboxylic acids is 3. The van der Waals surface area contributed by atoms with Gasteiger partial charge in [0.05, 0.1) is 19.4 Å². The Balaban J connectivity index is 1.51. The quantitative estimate of drug-likeness (QED) is 0.533. The molecule has 0 saturated heterocycles. The molecule has 0 atom stereocenters. The molecule has 0 saturated carbocycles. The molecule has 11 heteroatoms. The van der Waals surface area contributed by atoms with Gasteiger partial charge < -0.3 is 20.7 Å². The smallest absolute Gasteiger partial charge is 0.407 e. The van der Waals surface area contributed by atoms with Crippen LogP contribution in [0.25, 0.3) is 0 Å². The zero-order valence-corrected chi connectivity index (χ0v) is 19.4. The Bertz CT molecular complexity index is 1250. The van der Waals surface area contributed by atoms with Gasteiger partial charge >= 0.3 is 6.09 Å². The van der Waals surface area contributed by atoms with Crippen LogP contribution in [0.4, 0.5) is 14.2 Å². The third-order valence-electron chi connectivity index (χ3n) is 5.29. The van der Waals surface area contributed by atoms with Gasteiger partial charge in [-0.25, -0.2) is 9.18 Å². The average molecular weight is 503 g/mol. The number of pyridine rings is 1. The second-order valence-corrected chi connectivity index (χ2v) is 9.18. The van der Waals surface area contributed by atoms with Crippen LogP contribution in [-0.4, -0.2) is 34.3 Å². The number of rotatable bonds is 6. The number of fused-ring (bicyclic) bond motifs is 1. The van der Waals surface area contributed by atoms with Crippen LogP contribution < -0.4 is 15.8 Å². The molecule has 3 N–H and O–H groups in total. The Morgan fingerprint density at radius 1 is 1.21 bits per heavy atom. The maximum Gasteiger partial charge on any atom is 0.410 e. The van der Waals surface area contributed by atoms with Gasteiger partial charge in [-0.15, -0.1) is 11.3 Å². The third-order valence-corrected chi connectivity index (χ3v) is 6.64. The van der Waals surface area contributed by atoms with Gasteiger partial charge in [0.1, 0.15) is 10.8 Å². The first-order valence-electron chi connectivity index (χ1n) is 10.3. The van der Waals surface area contributed by atoms with E-state index in [0.717, 1.165) is 16.5 Å². The van der Waals surface area contributed by atoms with Gasteiger partial charge in [0.2, 0.25) is 11.8 Å². The van der Waals surface area contributed by atoms with Crippen LogP contribution in [0.15, 0.2) is 42.7 Å². The fourth-order valence-corrected chi connectivity index (χ4v) is 5.04. The fraction of sp³-hybridized carbons (Fsp3) is 0.217. The van der Waals surface area contributed by atoms with E-state index in [0.29, 0.717) is 25.1 Å². The predicted molar refractivity (Wildman–Crippen MR) is 125 cm³/mol. The molecular weight excluding hydrogens is 483 g/mol. The molecule has 1 aliphatic heterocycles. The number of ether oxygens (including phenoxy) is 1. The Morgan fingerprint density at radius 2 is 1.97 bits per heavy atom. The first-order chi connectivity index (χ1) is 16.3. The summed E-state index contributed by atoms with van der Waals surface area (Å²) in [6.45, 7) is 0.729. The van der Waals surface area contributed by atoms with Crippen LogP contribution in [-0.2, 0) is 35.4 Å². The van der Waals surface area contributed by atoms with Crippen molar-refractivity contribution in [2.45, 2.75) is 25.8 Å². The minimum Gasteiger partial charge on any atom is -0.407 e. The van der Waals surface area contributed by atoms with E-state index in [1.807, 2.05) is 0 Å². The Kier molecular flexibility index (Phi) is 7.09. The number of thiophene rings is 1. The van der Waals surface area contributed by atoms with Crippen LogP contribution >= 0.6 is 22.9 Å². The molecule has 3 amide bonds. The molecule has 1 aliphatic rings. The van der Waals surface area contributed by atoms with Crippen molar-refractivity contribution in [3.8, 4) is 5.75 Å². The highest BCUT2D eigenvalue weighted by Crippen LogP contribution is 2.43. The highest BCUT2D eigenvalue weighted by atomic mass is 35.5. The number of halogens is 2. The van der Waals surface area contributed by atoms with Crippen molar-refractivity contribution in [3.05, 3.63) is 75.1 Å². The molecule has 0 aliphatic carbocycles. The Labute approximate surface area is 203 Å². The molecule has 0 radical (unpaired) electrons. The van der Waals surface area contributed by atoms with Gasteiger partial charge in [-0.05, 0) is 41.8 Å². The highest BCUT2D eigenvalue weighted by molar-refractivity contribution is 7.17. The van der Waals surface area contributed by atoms with E-state index >= 15 is 0 Å².